The number of hydrogen-bond acceptors (Lipinski definition) is 4. The third kappa shape index (κ3) is 2.74. The second-order valence-corrected chi connectivity index (χ2v) is 5.98. The maximum Gasteiger partial charge on any atom is 0.181 e. The summed E-state index contributed by atoms with van der Waals surface area (Å²) < 4.78 is 29.2. The number of nitrogens with two attached hydrogens (primary N) is 1. The Morgan fingerprint density at radius 3 is 2.69 bits per heavy atom. The number of benzene rings is 1. The van der Waals surface area contributed by atoms with Crippen molar-refractivity contribution in [1.29, 1.82) is 0 Å². The van der Waals surface area contributed by atoms with Crippen LogP contribution in [0.1, 0.15) is 13.3 Å². The number of rotatable bonds is 5. The summed E-state index contributed by atoms with van der Waals surface area (Å²) in [6.07, 6.45) is 0.458. The Bertz CT molecular complexity index is 442. The molecule has 0 aromatic heterocycles. The van der Waals surface area contributed by atoms with Crippen LogP contribution in [0.5, 0.6) is 5.75 Å². The second-order valence-electron chi connectivity index (χ2n) is 3.61. The Labute approximate surface area is 96.3 Å². The molecule has 1 rings (SSSR count). The molecule has 0 amide bonds. The summed E-state index contributed by atoms with van der Waals surface area (Å²) in [4.78, 5) is 0.285. The summed E-state index contributed by atoms with van der Waals surface area (Å²) in [5.41, 5.74) is 5.37. The Kier molecular flexibility index (Phi) is 4.32. The summed E-state index contributed by atoms with van der Waals surface area (Å²) in [6, 6.07) is 6.49. The van der Waals surface area contributed by atoms with E-state index < -0.39 is 15.1 Å². The van der Waals surface area contributed by atoms with Gasteiger partial charge in [0.1, 0.15) is 5.75 Å². The normalized spacial score (nSPS) is 13.4. The van der Waals surface area contributed by atoms with Gasteiger partial charge in [0.25, 0.3) is 0 Å². The van der Waals surface area contributed by atoms with Gasteiger partial charge in [-0.25, -0.2) is 8.42 Å². The van der Waals surface area contributed by atoms with Crippen LogP contribution < -0.4 is 10.5 Å². The number of hydrogen-bond donors (Lipinski definition) is 1. The van der Waals surface area contributed by atoms with Crippen LogP contribution in [-0.2, 0) is 9.84 Å². The number of sulfone groups is 1. The molecule has 0 spiro atoms. The minimum absolute atomic E-state index is 0.285. The predicted molar refractivity (Wildman–Crippen MR) is 63.3 cm³/mol. The van der Waals surface area contributed by atoms with Gasteiger partial charge in [0, 0.05) is 0 Å². The van der Waals surface area contributed by atoms with Gasteiger partial charge in [0.15, 0.2) is 9.84 Å². The Hall–Kier alpha value is -1.07. The molecule has 1 aromatic carbocycles. The van der Waals surface area contributed by atoms with Gasteiger partial charge in [-0.1, -0.05) is 6.07 Å². The van der Waals surface area contributed by atoms with Crippen LogP contribution in [0.3, 0.4) is 0 Å². The van der Waals surface area contributed by atoms with E-state index in [1.807, 2.05) is 0 Å². The molecule has 5 heteroatoms. The first-order chi connectivity index (χ1) is 7.52. The fraction of sp³-hybridized carbons (Fsp3) is 0.455. The molecule has 90 valence electrons. The molecule has 0 radical (unpaired) electrons. The van der Waals surface area contributed by atoms with Crippen LogP contribution in [0.2, 0.25) is 0 Å². The number of ether oxygens (including phenoxy) is 1. The molecule has 0 saturated carbocycles. The summed E-state index contributed by atoms with van der Waals surface area (Å²) in [5, 5.41) is -0.468. The van der Waals surface area contributed by atoms with E-state index in [1.165, 1.54) is 13.2 Å². The fourth-order valence-electron chi connectivity index (χ4n) is 1.40. The molecule has 0 aliphatic heterocycles. The topological polar surface area (TPSA) is 69.4 Å². The van der Waals surface area contributed by atoms with Crippen molar-refractivity contribution in [2.75, 3.05) is 13.7 Å². The smallest absolute Gasteiger partial charge is 0.181 e. The lowest BCUT2D eigenvalue weighted by Gasteiger charge is -2.12. The van der Waals surface area contributed by atoms with E-state index in [-0.39, 0.29) is 4.90 Å². The molecule has 1 unspecified atom stereocenters. The van der Waals surface area contributed by atoms with E-state index in [4.69, 9.17) is 10.5 Å². The fourth-order valence-corrected chi connectivity index (χ4v) is 2.86. The molecule has 2 N–H and O–H groups in total. The lowest BCUT2D eigenvalue weighted by atomic mass is 10.3. The molecule has 0 bridgehead atoms. The van der Waals surface area contributed by atoms with Crippen molar-refractivity contribution >= 4 is 9.84 Å². The summed E-state index contributed by atoms with van der Waals surface area (Å²) in [7, 11) is -1.78. The molecule has 0 aliphatic carbocycles. The van der Waals surface area contributed by atoms with E-state index >= 15 is 0 Å². The van der Waals surface area contributed by atoms with Crippen molar-refractivity contribution in [3.8, 4) is 5.75 Å². The van der Waals surface area contributed by atoms with Crippen LogP contribution in [0, 0.1) is 0 Å². The molecular formula is C11H17NO3S. The highest BCUT2D eigenvalue weighted by Gasteiger charge is 2.22. The monoisotopic (exact) mass is 243 g/mol. The molecule has 0 heterocycles. The van der Waals surface area contributed by atoms with Crippen molar-refractivity contribution in [3.63, 3.8) is 0 Å². The van der Waals surface area contributed by atoms with E-state index in [1.54, 1.807) is 25.1 Å². The molecule has 0 fully saturated rings. The van der Waals surface area contributed by atoms with E-state index in [2.05, 4.69) is 0 Å². The molecular weight excluding hydrogens is 226 g/mol. The van der Waals surface area contributed by atoms with Crippen molar-refractivity contribution in [2.24, 2.45) is 5.73 Å². The van der Waals surface area contributed by atoms with E-state index in [0.29, 0.717) is 18.7 Å². The molecule has 0 saturated heterocycles. The summed E-state index contributed by atoms with van der Waals surface area (Å²) in [5.74, 6) is 0.543. The van der Waals surface area contributed by atoms with Gasteiger partial charge < -0.3 is 10.5 Å². The van der Waals surface area contributed by atoms with Crippen LogP contribution in [0.15, 0.2) is 29.2 Å². The second kappa shape index (κ2) is 5.32. The van der Waals surface area contributed by atoms with E-state index in [0.717, 1.165) is 0 Å². The van der Waals surface area contributed by atoms with Gasteiger partial charge in [-0.3, -0.25) is 0 Å². The minimum atomic E-state index is -3.29. The van der Waals surface area contributed by atoms with Gasteiger partial charge in [-0.05, 0) is 38.1 Å². The molecule has 1 atom stereocenters. The maximum atomic E-state index is 12.1. The minimum Gasteiger partial charge on any atom is -0.497 e. The Morgan fingerprint density at radius 1 is 1.44 bits per heavy atom. The molecule has 0 aliphatic rings. The van der Waals surface area contributed by atoms with E-state index in [9.17, 15) is 8.42 Å². The third-order valence-corrected chi connectivity index (χ3v) is 4.68. The SMILES string of the molecule is COc1cccc(S(=O)(=O)C(C)CCN)c1. The van der Waals surface area contributed by atoms with Gasteiger partial charge in [-0.15, -0.1) is 0 Å². The zero-order valence-corrected chi connectivity index (χ0v) is 10.3. The molecule has 1 aromatic rings. The van der Waals surface area contributed by atoms with Crippen molar-refractivity contribution in [2.45, 2.75) is 23.5 Å². The maximum absolute atomic E-state index is 12.1. The molecule has 4 nitrogen and oxygen atoms in total. The summed E-state index contributed by atoms with van der Waals surface area (Å²) in [6.45, 7) is 2.03. The van der Waals surface area contributed by atoms with Crippen LogP contribution in [0.25, 0.3) is 0 Å². The van der Waals surface area contributed by atoms with Crippen LogP contribution in [0.4, 0.5) is 0 Å². The largest absolute Gasteiger partial charge is 0.497 e. The van der Waals surface area contributed by atoms with Crippen molar-refractivity contribution in [1.82, 2.24) is 0 Å². The zero-order chi connectivity index (χ0) is 12.2. The number of methoxy groups -OCH3 is 1. The average Bonchev–Trinajstić information content (AvgIpc) is 2.29. The Balaban J connectivity index is 3.06. The first kappa shape index (κ1) is 13.0. The van der Waals surface area contributed by atoms with Gasteiger partial charge in [0.2, 0.25) is 0 Å². The highest BCUT2D eigenvalue weighted by atomic mass is 32.2. The predicted octanol–water partition coefficient (Wildman–Crippen LogP) is 1.21. The third-order valence-electron chi connectivity index (χ3n) is 2.47. The highest BCUT2D eigenvalue weighted by Crippen LogP contribution is 2.22. The zero-order valence-electron chi connectivity index (χ0n) is 9.51. The van der Waals surface area contributed by atoms with Crippen LogP contribution in [-0.4, -0.2) is 27.3 Å². The first-order valence-electron chi connectivity index (χ1n) is 5.10. The lowest BCUT2D eigenvalue weighted by Crippen LogP contribution is -2.21. The quantitative estimate of drug-likeness (QED) is 0.843. The van der Waals surface area contributed by atoms with Gasteiger partial charge in [0.05, 0.1) is 17.3 Å². The highest BCUT2D eigenvalue weighted by molar-refractivity contribution is 7.92. The summed E-state index contributed by atoms with van der Waals surface area (Å²) >= 11 is 0. The molecule has 16 heavy (non-hydrogen) atoms. The van der Waals surface area contributed by atoms with Gasteiger partial charge in [-0.2, -0.15) is 0 Å². The Morgan fingerprint density at radius 2 is 2.12 bits per heavy atom. The van der Waals surface area contributed by atoms with Gasteiger partial charge >= 0.3 is 0 Å². The standard InChI is InChI=1S/C11H17NO3S/c1-9(6-7-12)16(13,14)11-5-3-4-10(8-11)15-2/h3-5,8-9H,6-7,12H2,1-2H3. The lowest BCUT2D eigenvalue weighted by molar-refractivity contribution is 0.413. The first-order valence-corrected chi connectivity index (χ1v) is 6.65. The van der Waals surface area contributed by atoms with Crippen molar-refractivity contribution in [3.05, 3.63) is 24.3 Å². The van der Waals surface area contributed by atoms with Crippen molar-refractivity contribution < 1.29 is 13.2 Å². The van der Waals surface area contributed by atoms with Crippen LogP contribution >= 0.6 is 0 Å². The average molecular weight is 243 g/mol.